The lowest BCUT2D eigenvalue weighted by molar-refractivity contribution is -0.00856. The zero-order chi connectivity index (χ0) is 19.3. The summed E-state index contributed by atoms with van der Waals surface area (Å²) in [6.45, 7) is 6.05. The molecular formula is C18H38O8. The lowest BCUT2D eigenvalue weighted by Gasteiger charge is -2.11. The van der Waals surface area contributed by atoms with E-state index in [4.69, 9.17) is 39.0 Å². The van der Waals surface area contributed by atoms with Gasteiger partial charge in [-0.15, -0.1) is 0 Å². The van der Waals surface area contributed by atoms with E-state index >= 15 is 0 Å². The third-order valence-corrected chi connectivity index (χ3v) is 3.46. The number of hydrogen-bond donors (Lipinski definition) is 3. The number of aliphatic hydroxyl groups excluding tert-OH is 3. The van der Waals surface area contributed by atoms with Gasteiger partial charge in [-0.1, -0.05) is 12.8 Å². The predicted molar refractivity (Wildman–Crippen MR) is 97.3 cm³/mol. The minimum atomic E-state index is -0.305. The molecule has 26 heavy (non-hydrogen) atoms. The second kappa shape index (κ2) is 21.0. The Morgan fingerprint density at radius 3 is 1.46 bits per heavy atom. The van der Waals surface area contributed by atoms with Crippen LogP contribution in [-0.4, -0.2) is 100 Å². The highest BCUT2D eigenvalue weighted by Gasteiger charge is 2.15. The minimum Gasteiger partial charge on any atom is -0.394 e. The van der Waals surface area contributed by atoms with Crippen LogP contribution >= 0.6 is 0 Å². The van der Waals surface area contributed by atoms with Crippen LogP contribution in [0.15, 0.2) is 0 Å². The average Bonchev–Trinajstić information content (AvgIpc) is 3.15. The van der Waals surface area contributed by atoms with Crippen molar-refractivity contribution in [1.29, 1.82) is 0 Å². The maximum absolute atomic E-state index is 8.89. The maximum atomic E-state index is 8.89. The van der Waals surface area contributed by atoms with Gasteiger partial charge in [0.1, 0.15) is 0 Å². The standard InChI is InChI=1S/C10H22O6.C8H16O2/c11-1-3-13-5-7-15-9-10-16-8-6-14-4-2-12;1-7(9)6-10-8-4-2-3-5-8/h11-12H,1-10H2;7-9H,2-6H2,1H3. The predicted octanol–water partition coefficient (Wildman–Crippen LogP) is 0.364. The molecule has 0 aliphatic heterocycles. The Morgan fingerprint density at radius 1 is 0.731 bits per heavy atom. The van der Waals surface area contributed by atoms with Crippen LogP contribution in [0.25, 0.3) is 0 Å². The molecule has 0 amide bonds. The molecular weight excluding hydrogens is 344 g/mol. The van der Waals surface area contributed by atoms with Gasteiger partial charge in [0.2, 0.25) is 0 Å². The molecule has 0 aromatic carbocycles. The first-order valence-corrected chi connectivity index (χ1v) is 9.53. The highest BCUT2D eigenvalue weighted by Crippen LogP contribution is 2.20. The summed E-state index contributed by atoms with van der Waals surface area (Å²) in [5, 5.41) is 25.7. The third-order valence-electron chi connectivity index (χ3n) is 3.46. The topological polar surface area (TPSA) is 107 Å². The van der Waals surface area contributed by atoms with Crippen molar-refractivity contribution < 1.29 is 39.0 Å². The van der Waals surface area contributed by atoms with Gasteiger partial charge in [-0.2, -0.15) is 0 Å². The Bertz CT molecular complexity index is 246. The molecule has 1 saturated carbocycles. The fraction of sp³-hybridized carbons (Fsp3) is 1.00. The van der Waals surface area contributed by atoms with E-state index in [2.05, 4.69) is 0 Å². The van der Waals surface area contributed by atoms with Crippen molar-refractivity contribution in [2.45, 2.75) is 44.8 Å². The van der Waals surface area contributed by atoms with Crippen molar-refractivity contribution in [3.8, 4) is 0 Å². The molecule has 0 spiro atoms. The van der Waals surface area contributed by atoms with E-state index in [0.29, 0.717) is 65.6 Å². The van der Waals surface area contributed by atoms with E-state index in [0.717, 1.165) is 0 Å². The quantitative estimate of drug-likeness (QED) is 0.329. The molecule has 1 fully saturated rings. The van der Waals surface area contributed by atoms with E-state index < -0.39 is 0 Å². The van der Waals surface area contributed by atoms with Crippen LogP contribution in [0, 0.1) is 0 Å². The second-order valence-corrected chi connectivity index (χ2v) is 5.99. The van der Waals surface area contributed by atoms with Gasteiger partial charge in [0.15, 0.2) is 0 Å². The van der Waals surface area contributed by atoms with Crippen LogP contribution < -0.4 is 0 Å². The number of aliphatic hydroxyl groups is 3. The van der Waals surface area contributed by atoms with Gasteiger partial charge in [0.05, 0.1) is 84.9 Å². The van der Waals surface area contributed by atoms with E-state index in [9.17, 15) is 0 Å². The molecule has 158 valence electrons. The van der Waals surface area contributed by atoms with Crippen LogP contribution in [0.4, 0.5) is 0 Å². The molecule has 0 radical (unpaired) electrons. The van der Waals surface area contributed by atoms with E-state index in [-0.39, 0.29) is 19.3 Å². The van der Waals surface area contributed by atoms with Gasteiger partial charge in [0, 0.05) is 0 Å². The number of hydrogen-bond acceptors (Lipinski definition) is 8. The van der Waals surface area contributed by atoms with Crippen LogP contribution in [-0.2, 0) is 23.7 Å². The van der Waals surface area contributed by atoms with Crippen molar-refractivity contribution in [1.82, 2.24) is 0 Å². The number of rotatable bonds is 16. The summed E-state index contributed by atoms with van der Waals surface area (Å²) < 4.78 is 25.8. The molecule has 8 nitrogen and oxygen atoms in total. The first kappa shape index (κ1) is 25.7. The minimum absolute atomic E-state index is 0.0386. The van der Waals surface area contributed by atoms with Crippen molar-refractivity contribution in [3.05, 3.63) is 0 Å². The molecule has 1 rings (SSSR count). The van der Waals surface area contributed by atoms with Gasteiger partial charge in [-0.3, -0.25) is 0 Å². The first-order chi connectivity index (χ1) is 12.7. The van der Waals surface area contributed by atoms with Crippen molar-refractivity contribution in [2.24, 2.45) is 0 Å². The molecule has 3 N–H and O–H groups in total. The van der Waals surface area contributed by atoms with Crippen LogP contribution in [0.3, 0.4) is 0 Å². The Hall–Kier alpha value is -0.320. The van der Waals surface area contributed by atoms with Crippen molar-refractivity contribution >= 4 is 0 Å². The van der Waals surface area contributed by atoms with Crippen molar-refractivity contribution in [3.63, 3.8) is 0 Å². The highest BCUT2D eigenvalue weighted by atomic mass is 16.6. The van der Waals surface area contributed by atoms with E-state index in [1.165, 1.54) is 25.7 Å². The summed E-state index contributed by atoms with van der Waals surface area (Å²) >= 11 is 0. The maximum Gasteiger partial charge on any atom is 0.0745 e. The lowest BCUT2D eigenvalue weighted by atomic mass is 10.3. The van der Waals surface area contributed by atoms with Gasteiger partial charge in [-0.05, 0) is 19.8 Å². The highest BCUT2D eigenvalue weighted by molar-refractivity contribution is 4.66. The summed E-state index contributed by atoms with van der Waals surface area (Å²) in [5.74, 6) is 0. The summed E-state index contributed by atoms with van der Waals surface area (Å²) in [7, 11) is 0. The van der Waals surface area contributed by atoms with Gasteiger partial charge in [0.25, 0.3) is 0 Å². The van der Waals surface area contributed by atoms with Gasteiger partial charge < -0.3 is 39.0 Å². The molecule has 1 aliphatic rings. The Balaban J connectivity index is 0.000000531. The van der Waals surface area contributed by atoms with E-state index in [1.54, 1.807) is 6.92 Å². The largest absolute Gasteiger partial charge is 0.394 e. The fourth-order valence-electron chi connectivity index (χ4n) is 2.22. The van der Waals surface area contributed by atoms with Crippen molar-refractivity contribution in [2.75, 3.05) is 72.7 Å². The molecule has 8 heteroatoms. The Kier molecular flexibility index (Phi) is 20.7. The molecule has 1 atom stereocenters. The molecule has 0 aromatic heterocycles. The Morgan fingerprint density at radius 2 is 1.12 bits per heavy atom. The normalized spacial score (nSPS) is 15.7. The number of ether oxygens (including phenoxy) is 5. The third kappa shape index (κ3) is 20.0. The van der Waals surface area contributed by atoms with Gasteiger partial charge >= 0.3 is 0 Å². The van der Waals surface area contributed by atoms with Crippen LogP contribution in [0.2, 0.25) is 0 Å². The zero-order valence-corrected chi connectivity index (χ0v) is 16.1. The monoisotopic (exact) mass is 382 g/mol. The second-order valence-electron chi connectivity index (χ2n) is 5.99. The zero-order valence-electron chi connectivity index (χ0n) is 16.1. The molecule has 0 heterocycles. The Labute approximate surface area is 157 Å². The lowest BCUT2D eigenvalue weighted by Crippen LogP contribution is -2.16. The van der Waals surface area contributed by atoms with E-state index in [1.807, 2.05) is 0 Å². The van der Waals surface area contributed by atoms with Gasteiger partial charge in [-0.25, -0.2) is 0 Å². The summed E-state index contributed by atoms with van der Waals surface area (Å²) in [6.07, 6.45) is 5.10. The molecule has 1 aliphatic carbocycles. The SMILES string of the molecule is CC(O)COC1CCCC1.OCCOCCOCCOCCOCCO. The molecule has 0 bridgehead atoms. The fourth-order valence-corrected chi connectivity index (χ4v) is 2.22. The smallest absolute Gasteiger partial charge is 0.0745 e. The first-order valence-electron chi connectivity index (χ1n) is 9.53. The summed E-state index contributed by atoms with van der Waals surface area (Å²) in [4.78, 5) is 0. The summed E-state index contributed by atoms with van der Waals surface area (Å²) in [6, 6.07) is 0. The summed E-state index contributed by atoms with van der Waals surface area (Å²) in [5.41, 5.74) is 0. The molecule has 0 saturated heterocycles. The molecule has 0 aromatic rings. The van der Waals surface area contributed by atoms with Crippen LogP contribution in [0.1, 0.15) is 32.6 Å². The van der Waals surface area contributed by atoms with Crippen LogP contribution in [0.5, 0.6) is 0 Å². The average molecular weight is 382 g/mol. The molecule has 1 unspecified atom stereocenters.